The zero-order valence-electron chi connectivity index (χ0n) is 9.95. The molecule has 4 aliphatic carbocycles. The van der Waals surface area contributed by atoms with Crippen molar-refractivity contribution in [3.05, 3.63) is 0 Å². The summed E-state index contributed by atoms with van der Waals surface area (Å²) in [5.41, 5.74) is 0.360. The normalized spacial score (nSPS) is 47.7. The van der Waals surface area contributed by atoms with E-state index in [1.165, 1.54) is 38.5 Å². The first-order valence-corrected chi connectivity index (χ1v) is 6.37. The van der Waals surface area contributed by atoms with Gasteiger partial charge in [0.25, 0.3) is 0 Å². The Kier molecular flexibility index (Phi) is 2.08. The van der Waals surface area contributed by atoms with Crippen molar-refractivity contribution in [1.82, 2.24) is 4.90 Å². The first-order valence-electron chi connectivity index (χ1n) is 6.37. The van der Waals surface area contributed by atoms with E-state index >= 15 is 0 Å². The quantitative estimate of drug-likeness (QED) is 0.501. The fourth-order valence-electron chi connectivity index (χ4n) is 4.46. The molecule has 0 spiro atoms. The molecule has 2 nitrogen and oxygen atoms in total. The molecule has 0 N–H and O–H groups in total. The van der Waals surface area contributed by atoms with Gasteiger partial charge in [0.05, 0.1) is 11.9 Å². The van der Waals surface area contributed by atoms with Crippen LogP contribution in [-0.4, -0.2) is 30.9 Å². The minimum atomic E-state index is 0.360. The molecule has 15 heavy (non-hydrogen) atoms. The van der Waals surface area contributed by atoms with Gasteiger partial charge in [-0.2, -0.15) is 0 Å². The van der Waals surface area contributed by atoms with Crippen LogP contribution in [0.4, 0.5) is 0 Å². The molecule has 4 rings (SSSR count). The molecular formula is C13H22N2. The molecule has 4 fully saturated rings. The van der Waals surface area contributed by atoms with Gasteiger partial charge in [0.2, 0.25) is 0 Å². The van der Waals surface area contributed by atoms with Gasteiger partial charge in [-0.25, -0.2) is 0 Å². The van der Waals surface area contributed by atoms with Crippen molar-refractivity contribution in [2.24, 2.45) is 22.7 Å². The molecule has 0 atom stereocenters. The highest BCUT2D eigenvalue weighted by molar-refractivity contribution is 5.55. The number of rotatable bonds is 2. The van der Waals surface area contributed by atoms with E-state index in [0.717, 1.165) is 17.8 Å². The Morgan fingerprint density at radius 1 is 1.00 bits per heavy atom. The zero-order valence-corrected chi connectivity index (χ0v) is 9.95. The van der Waals surface area contributed by atoms with Crippen molar-refractivity contribution in [2.75, 3.05) is 14.1 Å². The second-order valence-corrected chi connectivity index (χ2v) is 6.35. The van der Waals surface area contributed by atoms with Gasteiger partial charge in [0.15, 0.2) is 0 Å². The summed E-state index contributed by atoms with van der Waals surface area (Å²) in [6.45, 7) is 0. The third-order valence-electron chi connectivity index (χ3n) is 4.57. The third kappa shape index (κ3) is 1.68. The molecule has 0 saturated heterocycles. The van der Waals surface area contributed by atoms with Gasteiger partial charge in [-0.05, 0) is 56.3 Å². The lowest BCUT2D eigenvalue weighted by atomic mass is 9.53. The highest BCUT2D eigenvalue weighted by Crippen LogP contribution is 2.57. The minimum Gasteiger partial charge on any atom is -0.369 e. The van der Waals surface area contributed by atoms with Crippen LogP contribution >= 0.6 is 0 Å². The molecular weight excluding hydrogens is 184 g/mol. The molecule has 84 valence electrons. The molecule has 0 aliphatic heterocycles. The fraction of sp³-hybridized carbons (Fsp3) is 0.923. The number of hydrogen-bond donors (Lipinski definition) is 0. The zero-order chi connectivity index (χ0) is 10.5. The van der Waals surface area contributed by atoms with Crippen LogP contribution in [-0.2, 0) is 0 Å². The highest BCUT2D eigenvalue weighted by atomic mass is 15.1. The monoisotopic (exact) mass is 206 g/mol. The summed E-state index contributed by atoms with van der Waals surface area (Å²) < 4.78 is 0. The van der Waals surface area contributed by atoms with Crippen LogP contribution in [0.1, 0.15) is 38.5 Å². The standard InChI is InChI=1S/C13H22N2/c1-15(2)9-14-13-6-10-3-11(7-13)5-12(4-10)8-13/h9-12H,3-8H2,1-2H3. The molecule has 0 amide bonds. The molecule has 0 unspecified atom stereocenters. The Hall–Kier alpha value is -0.530. The van der Waals surface area contributed by atoms with Crippen LogP contribution in [0.2, 0.25) is 0 Å². The van der Waals surface area contributed by atoms with E-state index in [2.05, 4.69) is 19.0 Å². The van der Waals surface area contributed by atoms with Crippen molar-refractivity contribution in [3.8, 4) is 0 Å². The van der Waals surface area contributed by atoms with Gasteiger partial charge in [0.1, 0.15) is 0 Å². The number of aliphatic imine (C=N–C) groups is 1. The summed E-state index contributed by atoms with van der Waals surface area (Å²) in [5.74, 6) is 3.03. The molecule has 0 aromatic rings. The number of hydrogen-bond acceptors (Lipinski definition) is 1. The van der Waals surface area contributed by atoms with Gasteiger partial charge >= 0.3 is 0 Å². The summed E-state index contributed by atoms with van der Waals surface area (Å²) in [7, 11) is 4.15. The second kappa shape index (κ2) is 3.23. The Bertz CT molecular complexity index is 245. The topological polar surface area (TPSA) is 15.6 Å². The molecule has 4 aliphatic rings. The van der Waals surface area contributed by atoms with Crippen molar-refractivity contribution >= 4 is 6.34 Å². The molecule has 0 radical (unpaired) electrons. The van der Waals surface area contributed by atoms with Crippen LogP contribution in [0.25, 0.3) is 0 Å². The maximum Gasteiger partial charge on any atom is 0.0851 e. The molecule has 4 bridgehead atoms. The largest absolute Gasteiger partial charge is 0.369 e. The fourth-order valence-corrected chi connectivity index (χ4v) is 4.46. The van der Waals surface area contributed by atoms with Gasteiger partial charge in [-0.15, -0.1) is 0 Å². The van der Waals surface area contributed by atoms with Crippen LogP contribution in [0.5, 0.6) is 0 Å². The van der Waals surface area contributed by atoms with Crippen molar-refractivity contribution in [3.63, 3.8) is 0 Å². The summed E-state index contributed by atoms with van der Waals surface area (Å²) in [6, 6.07) is 0. The summed E-state index contributed by atoms with van der Waals surface area (Å²) in [6.07, 6.45) is 10.7. The van der Waals surface area contributed by atoms with Crippen LogP contribution in [0, 0.1) is 17.8 Å². The SMILES string of the molecule is CN(C)C=NC12CC3CC(CC(C3)C1)C2. The Morgan fingerprint density at radius 3 is 1.87 bits per heavy atom. The smallest absolute Gasteiger partial charge is 0.0851 e. The van der Waals surface area contributed by atoms with Crippen LogP contribution < -0.4 is 0 Å². The lowest BCUT2D eigenvalue weighted by Gasteiger charge is -2.54. The first-order chi connectivity index (χ1) is 7.15. The summed E-state index contributed by atoms with van der Waals surface area (Å²) in [4.78, 5) is 7.00. The van der Waals surface area contributed by atoms with E-state index in [-0.39, 0.29) is 0 Å². The van der Waals surface area contributed by atoms with E-state index in [1.54, 1.807) is 0 Å². The molecule has 4 saturated carbocycles. The Balaban J connectivity index is 1.81. The predicted molar refractivity (Wildman–Crippen MR) is 63.1 cm³/mol. The molecule has 2 heteroatoms. The predicted octanol–water partition coefficient (Wildman–Crippen LogP) is 2.55. The minimum absolute atomic E-state index is 0.360. The van der Waals surface area contributed by atoms with Gasteiger partial charge < -0.3 is 4.90 Å². The van der Waals surface area contributed by atoms with Crippen LogP contribution in [0.3, 0.4) is 0 Å². The van der Waals surface area contributed by atoms with E-state index in [9.17, 15) is 0 Å². The van der Waals surface area contributed by atoms with Gasteiger partial charge in [-0.1, -0.05) is 0 Å². The second-order valence-electron chi connectivity index (χ2n) is 6.35. The average molecular weight is 206 g/mol. The van der Waals surface area contributed by atoms with E-state index in [0.29, 0.717) is 5.54 Å². The lowest BCUT2D eigenvalue weighted by Crippen LogP contribution is -2.49. The van der Waals surface area contributed by atoms with E-state index in [4.69, 9.17) is 4.99 Å². The molecule has 0 heterocycles. The van der Waals surface area contributed by atoms with E-state index < -0.39 is 0 Å². The molecule has 0 aromatic carbocycles. The van der Waals surface area contributed by atoms with Crippen LogP contribution in [0.15, 0.2) is 4.99 Å². The first kappa shape index (κ1) is 9.68. The maximum atomic E-state index is 4.92. The average Bonchev–Trinajstić information content (AvgIpc) is 2.12. The Morgan fingerprint density at radius 2 is 1.47 bits per heavy atom. The van der Waals surface area contributed by atoms with Gasteiger partial charge in [-0.3, -0.25) is 4.99 Å². The highest BCUT2D eigenvalue weighted by Gasteiger charge is 2.50. The van der Waals surface area contributed by atoms with Gasteiger partial charge in [0, 0.05) is 14.1 Å². The Labute approximate surface area is 92.8 Å². The van der Waals surface area contributed by atoms with Crippen molar-refractivity contribution < 1.29 is 0 Å². The summed E-state index contributed by atoms with van der Waals surface area (Å²) in [5, 5.41) is 0. The van der Waals surface area contributed by atoms with E-state index in [1.807, 2.05) is 6.34 Å². The van der Waals surface area contributed by atoms with Crippen molar-refractivity contribution in [1.29, 1.82) is 0 Å². The lowest BCUT2D eigenvalue weighted by molar-refractivity contribution is 0.00155. The van der Waals surface area contributed by atoms with Crippen molar-refractivity contribution in [2.45, 2.75) is 44.1 Å². The summed E-state index contributed by atoms with van der Waals surface area (Å²) >= 11 is 0. The number of nitrogens with zero attached hydrogens (tertiary/aromatic N) is 2. The molecule has 0 aromatic heterocycles. The third-order valence-corrected chi connectivity index (χ3v) is 4.57. The maximum absolute atomic E-state index is 4.92.